The van der Waals surface area contributed by atoms with Gasteiger partial charge in [0, 0.05) is 40.1 Å². The molecule has 0 amide bonds. The van der Waals surface area contributed by atoms with Crippen molar-refractivity contribution in [3.8, 4) is 0 Å². The summed E-state index contributed by atoms with van der Waals surface area (Å²) in [6.07, 6.45) is 31.5. The Bertz CT molecular complexity index is 2550. The Morgan fingerprint density at radius 3 is 2.40 bits per heavy atom. The normalized spacial score (nSPS) is 21.4. The topological polar surface area (TPSA) is 16.4 Å². The maximum absolute atomic E-state index is 6.42. The summed E-state index contributed by atoms with van der Waals surface area (Å²) in [5.41, 5.74) is 10.1. The quantitative estimate of drug-likeness (QED) is 0.174. The van der Waals surface area contributed by atoms with Gasteiger partial charge in [-0.1, -0.05) is 127 Å². The molecule has 0 bridgehead atoms. The minimum Gasteiger partial charge on any atom is -0.456 e. The van der Waals surface area contributed by atoms with Crippen LogP contribution in [0.15, 0.2) is 173 Å². The fourth-order valence-corrected chi connectivity index (χ4v) is 8.84. The summed E-state index contributed by atoms with van der Waals surface area (Å²) in [5, 5.41) is 7.68. The van der Waals surface area contributed by atoms with Gasteiger partial charge in [-0.2, -0.15) is 0 Å². The van der Waals surface area contributed by atoms with Crippen LogP contribution in [-0.4, -0.2) is 6.04 Å². The summed E-state index contributed by atoms with van der Waals surface area (Å²) in [4.78, 5) is 2.59. The maximum Gasteiger partial charge on any atom is 0.137 e. The first kappa shape index (κ1) is 29.3. The Morgan fingerprint density at radius 1 is 0.640 bits per heavy atom. The van der Waals surface area contributed by atoms with Gasteiger partial charge in [0.15, 0.2) is 0 Å². The van der Waals surface area contributed by atoms with E-state index in [4.69, 9.17) is 4.42 Å². The predicted molar refractivity (Wildman–Crippen MR) is 211 cm³/mol. The van der Waals surface area contributed by atoms with Crippen LogP contribution in [0.1, 0.15) is 36.8 Å². The number of furan rings is 1. The Balaban J connectivity index is 0.996. The maximum atomic E-state index is 6.42. The molecule has 3 atom stereocenters. The van der Waals surface area contributed by atoms with Gasteiger partial charge in [0.1, 0.15) is 11.2 Å². The second-order valence-electron chi connectivity index (χ2n) is 14.2. The van der Waals surface area contributed by atoms with Crippen LogP contribution in [0, 0.1) is 11.8 Å². The fraction of sp³-hybridized carbons (Fsp3) is 0.167. The zero-order chi connectivity index (χ0) is 33.0. The van der Waals surface area contributed by atoms with E-state index in [2.05, 4.69) is 157 Å². The molecule has 0 aliphatic heterocycles. The Labute approximate surface area is 293 Å². The highest BCUT2D eigenvalue weighted by atomic mass is 16.3. The van der Waals surface area contributed by atoms with E-state index in [9.17, 15) is 0 Å². The molecule has 242 valence electrons. The number of anilines is 1. The van der Waals surface area contributed by atoms with E-state index in [1.54, 1.807) is 0 Å². The molecule has 5 aromatic carbocycles. The van der Waals surface area contributed by atoms with Crippen LogP contribution in [0.5, 0.6) is 0 Å². The lowest BCUT2D eigenvalue weighted by molar-refractivity contribution is 0.630. The third-order valence-electron chi connectivity index (χ3n) is 11.3. The molecule has 0 saturated carbocycles. The lowest BCUT2D eigenvalue weighted by Crippen LogP contribution is -2.37. The molecule has 2 nitrogen and oxygen atoms in total. The molecule has 0 radical (unpaired) electrons. The summed E-state index contributed by atoms with van der Waals surface area (Å²) < 4.78 is 6.42. The number of rotatable bonds is 5. The molecule has 10 rings (SSSR count). The van der Waals surface area contributed by atoms with Gasteiger partial charge in [-0.25, -0.2) is 0 Å². The molecule has 3 unspecified atom stereocenters. The highest BCUT2D eigenvalue weighted by Crippen LogP contribution is 2.42. The number of fused-ring (bicyclic) bond motifs is 8. The predicted octanol–water partition coefficient (Wildman–Crippen LogP) is 12.6. The SMILES string of the molecule is C1=CCC(C2=CCCC=C2)C(N(c2ccc3c(c2)oc2ccccc23)C2C=CC(C3C=Cc4c(ccc5ccc6ccccc6c45)C3)=CC2)=C1. The minimum atomic E-state index is 0.198. The average molecular weight is 646 g/mol. The molecule has 0 N–H and O–H groups in total. The van der Waals surface area contributed by atoms with E-state index < -0.39 is 0 Å². The Kier molecular flexibility index (Phi) is 7.08. The van der Waals surface area contributed by atoms with Crippen LogP contribution < -0.4 is 4.90 Å². The summed E-state index contributed by atoms with van der Waals surface area (Å²) in [7, 11) is 0. The monoisotopic (exact) mass is 645 g/mol. The first-order valence-electron chi connectivity index (χ1n) is 18.2. The number of para-hydroxylation sites is 1. The first-order valence-corrected chi connectivity index (χ1v) is 18.2. The third-order valence-corrected chi connectivity index (χ3v) is 11.3. The van der Waals surface area contributed by atoms with E-state index in [-0.39, 0.29) is 6.04 Å². The second kappa shape index (κ2) is 12.1. The number of hydrogen-bond acceptors (Lipinski definition) is 2. The number of nitrogens with zero attached hydrogens (tertiary/aromatic N) is 1. The van der Waals surface area contributed by atoms with Crippen LogP contribution >= 0.6 is 0 Å². The van der Waals surface area contributed by atoms with Gasteiger partial charge in [-0.05, 0) is 100 Å². The van der Waals surface area contributed by atoms with Crippen molar-refractivity contribution >= 4 is 55.2 Å². The molecule has 50 heavy (non-hydrogen) atoms. The standard InChI is InChI=1S/C48H39NO/c1-2-10-33(11-3-1)40-13-6-8-16-45(40)49(39-27-29-44-43-15-7-9-17-46(43)50-47(44)31-39)38-25-22-32(23-26-38)36-24-28-42-37(30-36)21-20-35-19-18-34-12-4-5-14-41(34)48(35)42/h2,4-12,14-25,27-29,31,36,38,40H,1,3,13,26,30H2. The summed E-state index contributed by atoms with van der Waals surface area (Å²) in [6.45, 7) is 0. The molecule has 6 aromatic rings. The van der Waals surface area contributed by atoms with Crippen molar-refractivity contribution in [3.05, 3.63) is 180 Å². The molecule has 0 saturated heterocycles. The van der Waals surface area contributed by atoms with Crippen LogP contribution in [0.25, 0.3) is 49.6 Å². The lowest BCUT2D eigenvalue weighted by atomic mass is 9.80. The Morgan fingerprint density at radius 2 is 1.50 bits per heavy atom. The molecule has 4 aliphatic carbocycles. The summed E-state index contributed by atoms with van der Waals surface area (Å²) in [5.74, 6) is 0.694. The Hall–Kier alpha value is -5.60. The molecule has 4 aliphatic rings. The average Bonchev–Trinajstić information content (AvgIpc) is 3.56. The van der Waals surface area contributed by atoms with Gasteiger partial charge in [-0.15, -0.1) is 0 Å². The van der Waals surface area contributed by atoms with E-state index in [1.807, 2.05) is 6.07 Å². The number of allylic oxidation sites excluding steroid dienone is 10. The van der Waals surface area contributed by atoms with E-state index in [0.717, 1.165) is 43.3 Å². The largest absolute Gasteiger partial charge is 0.456 e. The van der Waals surface area contributed by atoms with Crippen molar-refractivity contribution in [3.63, 3.8) is 0 Å². The molecule has 0 spiro atoms. The third kappa shape index (κ3) is 4.93. The van der Waals surface area contributed by atoms with Crippen molar-refractivity contribution in [2.45, 2.75) is 38.1 Å². The van der Waals surface area contributed by atoms with Gasteiger partial charge < -0.3 is 9.32 Å². The van der Waals surface area contributed by atoms with E-state index in [1.165, 1.54) is 66.0 Å². The minimum absolute atomic E-state index is 0.198. The van der Waals surface area contributed by atoms with Crippen LogP contribution in [-0.2, 0) is 6.42 Å². The zero-order valence-electron chi connectivity index (χ0n) is 28.1. The molecule has 1 aromatic heterocycles. The van der Waals surface area contributed by atoms with Crippen molar-refractivity contribution < 1.29 is 4.42 Å². The summed E-state index contributed by atoms with van der Waals surface area (Å²) in [6, 6.07) is 33.3. The molecule has 2 heteroatoms. The van der Waals surface area contributed by atoms with Crippen LogP contribution in [0.4, 0.5) is 5.69 Å². The lowest BCUT2D eigenvalue weighted by Gasteiger charge is -2.40. The smallest absolute Gasteiger partial charge is 0.137 e. The summed E-state index contributed by atoms with van der Waals surface area (Å²) >= 11 is 0. The van der Waals surface area contributed by atoms with Crippen molar-refractivity contribution in [2.24, 2.45) is 11.8 Å². The van der Waals surface area contributed by atoms with Crippen LogP contribution in [0.2, 0.25) is 0 Å². The highest BCUT2D eigenvalue weighted by Gasteiger charge is 2.31. The zero-order valence-corrected chi connectivity index (χ0v) is 28.1. The molecular formula is C48H39NO. The second-order valence-corrected chi connectivity index (χ2v) is 14.2. The van der Waals surface area contributed by atoms with Gasteiger partial charge in [0.05, 0.1) is 6.04 Å². The van der Waals surface area contributed by atoms with Gasteiger partial charge >= 0.3 is 0 Å². The van der Waals surface area contributed by atoms with Crippen molar-refractivity contribution in [1.29, 1.82) is 0 Å². The van der Waals surface area contributed by atoms with Gasteiger partial charge in [0.2, 0.25) is 0 Å². The number of benzene rings is 5. The highest BCUT2D eigenvalue weighted by molar-refractivity contribution is 6.12. The molecule has 0 fully saturated rings. The van der Waals surface area contributed by atoms with Crippen molar-refractivity contribution in [2.75, 3.05) is 4.90 Å². The first-order chi connectivity index (χ1) is 24.8. The number of hydrogen-bond donors (Lipinski definition) is 0. The fourth-order valence-electron chi connectivity index (χ4n) is 8.84. The van der Waals surface area contributed by atoms with E-state index in [0.29, 0.717) is 11.8 Å². The van der Waals surface area contributed by atoms with Crippen LogP contribution in [0.3, 0.4) is 0 Å². The molecule has 1 heterocycles. The van der Waals surface area contributed by atoms with Gasteiger partial charge in [-0.3, -0.25) is 0 Å². The molecular weight excluding hydrogens is 607 g/mol. The van der Waals surface area contributed by atoms with E-state index >= 15 is 0 Å². The van der Waals surface area contributed by atoms with Gasteiger partial charge in [0.25, 0.3) is 0 Å². The van der Waals surface area contributed by atoms with Crippen molar-refractivity contribution in [1.82, 2.24) is 0 Å².